The van der Waals surface area contributed by atoms with Crippen LogP contribution in [0.3, 0.4) is 0 Å². The number of aliphatic hydroxyl groups excluding tert-OH is 1. The summed E-state index contributed by atoms with van der Waals surface area (Å²) in [5, 5.41) is 18.3. The van der Waals surface area contributed by atoms with Gasteiger partial charge in [-0.15, -0.1) is 0 Å². The van der Waals surface area contributed by atoms with Crippen molar-refractivity contribution >= 4 is 16.0 Å². The van der Waals surface area contributed by atoms with Crippen molar-refractivity contribution in [3.63, 3.8) is 0 Å². The fourth-order valence-corrected chi connectivity index (χ4v) is 4.24. The fourth-order valence-electron chi connectivity index (χ4n) is 2.47. The van der Waals surface area contributed by atoms with Gasteiger partial charge in [0.25, 0.3) is 0 Å². The molecule has 1 aliphatic heterocycles. The van der Waals surface area contributed by atoms with Crippen LogP contribution >= 0.6 is 0 Å². The number of carbonyl (C=O) groups is 1. The predicted octanol–water partition coefficient (Wildman–Crippen LogP) is 0.776. The minimum atomic E-state index is -3.78. The van der Waals surface area contributed by atoms with Gasteiger partial charge in [-0.3, -0.25) is 0 Å². The number of benzene rings is 1. The van der Waals surface area contributed by atoms with E-state index in [9.17, 15) is 18.3 Å². The number of carboxylic acids is 1. The maximum atomic E-state index is 12.5. The van der Waals surface area contributed by atoms with Crippen molar-refractivity contribution in [1.29, 1.82) is 0 Å². The van der Waals surface area contributed by atoms with Gasteiger partial charge in [-0.25, -0.2) is 13.2 Å². The van der Waals surface area contributed by atoms with Gasteiger partial charge in [0.2, 0.25) is 10.0 Å². The van der Waals surface area contributed by atoms with E-state index in [1.807, 2.05) is 6.92 Å². The summed E-state index contributed by atoms with van der Waals surface area (Å²) in [6.07, 6.45) is 0.684. The van der Waals surface area contributed by atoms with Crippen LogP contribution in [0.4, 0.5) is 0 Å². The highest BCUT2D eigenvalue weighted by atomic mass is 32.2. The minimum absolute atomic E-state index is 0.0510. The summed E-state index contributed by atoms with van der Waals surface area (Å²) in [6.45, 7) is 2.00. The first-order valence-corrected chi connectivity index (χ1v) is 7.78. The third kappa shape index (κ3) is 2.56. The third-order valence-electron chi connectivity index (χ3n) is 3.71. The Morgan fingerprint density at radius 1 is 1.45 bits per heavy atom. The number of hydrogen-bond donors (Lipinski definition) is 2. The first kappa shape index (κ1) is 15.0. The molecule has 0 saturated carbocycles. The lowest BCUT2D eigenvalue weighted by Crippen LogP contribution is -2.39. The van der Waals surface area contributed by atoms with Crippen LogP contribution in [0, 0.1) is 5.92 Å². The molecule has 2 unspecified atom stereocenters. The van der Waals surface area contributed by atoms with E-state index in [0.717, 1.165) is 6.07 Å². The zero-order valence-electron chi connectivity index (χ0n) is 11.1. The SMILES string of the molecule is CC1CCN(S(=O)(=O)c2cccc(C(=O)O)c2)C1CO. The summed E-state index contributed by atoms with van der Waals surface area (Å²) in [5.41, 5.74) is -0.0705. The van der Waals surface area contributed by atoms with E-state index in [1.54, 1.807) is 0 Å². The van der Waals surface area contributed by atoms with Crippen LogP contribution in [-0.4, -0.2) is 48.1 Å². The first-order valence-electron chi connectivity index (χ1n) is 6.34. The molecular weight excluding hydrogens is 282 g/mol. The molecule has 110 valence electrons. The Balaban J connectivity index is 2.40. The van der Waals surface area contributed by atoms with Crippen LogP contribution in [0.2, 0.25) is 0 Å². The number of hydrogen-bond acceptors (Lipinski definition) is 4. The molecule has 0 amide bonds. The monoisotopic (exact) mass is 299 g/mol. The lowest BCUT2D eigenvalue weighted by Gasteiger charge is -2.24. The number of aromatic carboxylic acids is 1. The number of rotatable bonds is 4. The molecular formula is C13H17NO5S. The number of nitrogens with zero attached hydrogens (tertiary/aromatic N) is 1. The second-order valence-corrected chi connectivity index (χ2v) is 6.86. The van der Waals surface area contributed by atoms with Crippen LogP contribution in [0.5, 0.6) is 0 Å². The molecule has 2 N–H and O–H groups in total. The Morgan fingerprint density at radius 3 is 2.75 bits per heavy atom. The van der Waals surface area contributed by atoms with E-state index in [0.29, 0.717) is 13.0 Å². The second-order valence-electron chi connectivity index (χ2n) is 4.96. The van der Waals surface area contributed by atoms with Crippen molar-refractivity contribution in [2.24, 2.45) is 5.92 Å². The highest BCUT2D eigenvalue weighted by Gasteiger charge is 2.39. The van der Waals surface area contributed by atoms with Gasteiger partial charge in [-0.05, 0) is 30.5 Å². The Hall–Kier alpha value is -1.44. The largest absolute Gasteiger partial charge is 0.478 e. The fraction of sp³-hybridized carbons (Fsp3) is 0.462. The van der Waals surface area contributed by atoms with Crippen LogP contribution in [-0.2, 0) is 10.0 Å². The molecule has 0 spiro atoms. The molecule has 1 aliphatic rings. The van der Waals surface area contributed by atoms with Gasteiger partial charge >= 0.3 is 5.97 Å². The van der Waals surface area contributed by atoms with Gasteiger partial charge in [0.05, 0.1) is 23.1 Å². The lowest BCUT2D eigenvalue weighted by molar-refractivity contribution is 0.0696. The van der Waals surface area contributed by atoms with Gasteiger partial charge in [-0.2, -0.15) is 4.31 Å². The van der Waals surface area contributed by atoms with Gasteiger partial charge in [0.15, 0.2) is 0 Å². The second kappa shape index (κ2) is 5.51. The van der Waals surface area contributed by atoms with Crippen molar-refractivity contribution in [3.8, 4) is 0 Å². The molecule has 0 aromatic heterocycles. The standard InChI is InChI=1S/C13H17NO5S/c1-9-5-6-14(12(9)8-15)20(18,19)11-4-2-3-10(7-11)13(16)17/h2-4,7,9,12,15H,5-6,8H2,1H3,(H,16,17). The number of carboxylic acid groups (broad SMARTS) is 1. The molecule has 2 rings (SSSR count). The minimum Gasteiger partial charge on any atom is -0.478 e. The molecule has 2 atom stereocenters. The van der Waals surface area contributed by atoms with Crippen molar-refractivity contribution in [3.05, 3.63) is 29.8 Å². The van der Waals surface area contributed by atoms with Crippen molar-refractivity contribution in [1.82, 2.24) is 4.31 Å². The van der Waals surface area contributed by atoms with Gasteiger partial charge in [-0.1, -0.05) is 13.0 Å². The van der Waals surface area contributed by atoms with Crippen molar-refractivity contribution < 1.29 is 23.4 Å². The highest BCUT2D eigenvalue weighted by Crippen LogP contribution is 2.30. The average Bonchev–Trinajstić information content (AvgIpc) is 2.80. The van der Waals surface area contributed by atoms with Gasteiger partial charge in [0.1, 0.15) is 0 Å². The zero-order valence-corrected chi connectivity index (χ0v) is 11.9. The average molecular weight is 299 g/mol. The molecule has 7 heteroatoms. The first-order chi connectivity index (χ1) is 9.37. The normalized spacial score (nSPS) is 23.9. The van der Waals surface area contributed by atoms with Crippen molar-refractivity contribution in [2.75, 3.05) is 13.2 Å². The van der Waals surface area contributed by atoms with Crippen LogP contribution in [0.15, 0.2) is 29.2 Å². The molecule has 1 aromatic rings. The van der Waals surface area contributed by atoms with Crippen molar-refractivity contribution in [2.45, 2.75) is 24.3 Å². The third-order valence-corrected chi connectivity index (χ3v) is 5.63. The van der Waals surface area contributed by atoms with E-state index < -0.39 is 22.0 Å². The smallest absolute Gasteiger partial charge is 0.335 e. The molecule has 1 heterocycles. The molecule has 1 fully saturated rings. The topological polar surface area (TPSA) is 94.9 Å². The Kier molecular flexibility index (Phi) is 4.12. The van der Waals surface area contributed by atoms with Gasteiger partial charge in [0, 0.05) is 6.54 Å². The van der Waals surface area contributed by atoms with Crippen LogP contribution in [0.1, 0.15) is 23.7 Å². The summed E-state index contributed by atoms with van der Waals surface area (Å²) < 4.78 is 26.4. The van der Waals surface area contributed by atoms with Gasteiger partial charge < -0.3 is 10.2 Å². The molecule has 0 radical (unpaired) electrons. The summed E-state index contributed by atoms with van der Waals surface area (Å²) in [5.74, 6) is -1.09. The molecule has 0 aliphatic carbocycles. The Bertz CT molecular complexity index is 613. The zero-order chi connectivity index (χ0) is 14.9. The Labute approximate surface area is 117 Å². The summed E-state index contributed by atoms with van der Waals surface area (Å²) >= 11 is 0. The number of aliphatic hydroxyl groups is 1. The van der Waals surface area contributed by atoms with Crippen LogP contribution < -0.4 is 0 Å². The molecule has 1 aromatic carbocycles. The maximum absolute atomic E-state index is 12.5. The van der Waals surface area contributed by atoms with E-state index in [4.69, 9.17) is 5.11 Å². The highest BCUT2D eigenvalue weighted by molar-refractivity contribution is 7.89. The van der Waals surface area contributed by atoms with E-state index in [2.05, 4.69) is 0 Å². The quantitative estimate of drug-likeness (QED) is 0.856. The summed E-state index contributed by atoms with van der Waals surface area (Å²) in [7, 11) is -3.78. The van der Waals surface area contributed by atoms with E-state index >= 15 is 0 Å². The van der Waals surface area contributed by atoms with Crippen LogP contribution in [0.25, 0.3) is 0 Å². The molecule has 20 heavy (non-hydrogen) atoms. The molecule has 6 nitrogen and oxygen atoms in total. The molecule has 1 saturated heterocycles. The predicted molar refractivity (Wildman–Crippen MR) is 71.9 cm³/mol. The summed E-state index contributed by atoms with van der Waals surface area (Å²) in [6, 6.07) is 4.82. The Morgan fingerprint density at radius 2 is 2.15 bits per heavy atom. The summed E-state index contributed by atoms with van der Waals surface area (Å²) in [4.78, 5) is 10.9. The lowest BCUT2D eigenvalue weighted by atomic mass is 10.0. The maximum Gasteiger partial charge on any atom is 0.335 e. The van der Waals surface area contributed by atoms with E-state index in [1.165, 1.54) is 22.5 Å². The number of sulfonamides is 1. The van der Waals surface area contributed by atoms with E-state index in [-0.39, 0.29) is 23.0 Å². The molecule has 0 bridgehead atoms.